The minimum Gasteiger partial charge on any atom is -0.464 e. The van der Waals surface area contributed by atoms with Crippen LogP contribution in [0, 0.1) is 11.3 Å². The normalized spacial score (nSPS) is 23.6. The summed E-state index contributed by atoms with van der Waals surface area (Å²) in [7, 11) is 3.11. The summed E-state index contributed by atoms with van der Waals surface area (Å²) in [5.41, 5.74) is 5.07. The van der Waals surface area contributed by atoms with E-state index in [9.17, 15) is 37.1 Å². The van der Waals surface area contributed by atoms with Gasteiger partial charge in [-0.25, -0.2) is 15.0 Å². The smallest absolute Gasteiger partial charge is 0.407 e. The van der Waals surface area contributed by atoms with Gasteiger partial charge in [-0.15, -0.1) is 0 Å². The van der Waals surface area contributed by atoms with Gasteiger partial charge in [-0.1, -0.05) is 33.8 Å². The van der Waals surface area contributed by atoms with E-state index in [1.165, 1.54) is 21.6 Å². The number of methoxy groups -OCH3 is 1. The number of fused-ring (bicyclic) bond motifs is 6. The number of cyclic esters (lactones) is 1. The van der Waals surface area contributed by atoms with Crippen LogP contribution in [0.25, 0.3) is 22.2 Å². The number of piperidine rings is 1. The lowest BCUT2D eigenvalue weighted by Gasteiger charge is -2.39. The summed E-state index contributed by atoms with van der Waals surface area (Å²) in [5, 5.41) is 7.77. The molecular formula is C54H78F3N9O9. The van der Waals surface area contributed by atoms with Crippen molar-refractivity contribution in [3.8, 4) is 11.3 Å². The van der Waals surface area contributed by atoms with Crippen molar-refractivity contribution in [3.63, 3.8) is 0 Å². The average molecular weight is 1050 g/mol. The van der Waals surface area contributed by atoms with E-state index in [1.807, 2.05) is 39.8 Å². The fourth-order valence-electron chi connectivity index (χ4n) is 11.0. The maximum Gasteiger partial charge on any atom is 0.407 e. The van der Waals surface area contributed by atoms with E-state index in [2.05, 4.69) is 25.9 Å². The Balaban J connectivity index is 1.17. The van der Waals surface area contributed by atoms with E-state index in [-0.39, 0.29) is 69.8 Å². The van der Waals surface area contributed by atoms with Crippen molar-refractivity contribution >= 4 is 40.8 Å². The molecule has 7 rings (SSSR count). The van der Waals surface area contributed by atoms with E-state index >= 15 is 0 Å². The topological polar surface area (TPSA) is 189 Å². The third-order valence-electron chi connectivity index (χ3n) is 14.5. The van der Waals surface area contributed by atoms with Gasteiger partial charge in [-0.2, -0.15) is 13.2 Å². The Morgan fingerprint density at radius 3 is 2.45 bits per heavy atom. The predicted molar refractivity (Wildman–Crippen MR) is 275 cm³/mol. The number of nitrogens with zero attached hydrogens (tertiary/aromatic N) is 6. The molecule has 7 atom stereocenters. The van der Waals surface area contributed by atoms with Crippen LogP contribution in [-0.4, -0.2) is 168 Å². The number of hydrogen-bond acceptors (Lipinski definition) is 12. The van der Waals surface area contributed by atoms with E-state index < -0.39 is 71.8 Å². The molecule has 0 aliphatic carbocycles. The number of pyridine rings is 1. The number of benzene rings is 1. The van der Waals surface area contributed by atoms with Crippen LogP contribution in [0.4, 0.5) is 22.8 Å². The van der Waals surface area contributed by atoms with E-state index in [1.54, 1.807) is 64.0 Å². The van der Waals surface area contributed by atoms with Crippen LogP contribution in [0.15, 0.2) is 36.5 Å². The molecule has 3 aromatic rings. The zero-order valence-corrected chi connectivity index (χ0v) is 45.3. The lowest BCUT2D eigenvalue weighted by atomic mass is 9.83. The number of likely N-dealkylation sites (tertiary alicyclic amines) is 1. The standard InChI is InChI=1S/C54H78F3N9O9/c1-33(2)45(62(9)51(71)64-24-19-37(29-64)73-25-21-59-50(70)75-52(4,5)6)47(67)60-42-30-63-22-12-14-36(28-63)35-17-18-43-39(26-35)40(27-53(7,8)32-74-49(69)41-16-13-23-66(61-41)48(42)68)46(65(43)31-54(55,56)57)38-15-11-20-58-44(38)34(3)72-10/h11,15,17-18,20,26,33-34,36-37,41-42,45,61H,12-14,16,19,21-25,27-32H2,1-10H3,(H,59,70)(H,60,67)/t34-,36-,37+,41-,42-,45-/m0/s1. The van der Waals surface area contributed by atoms with Crippen LogP contribution >= 0.6 is 0 Å². The number of esters is 1. The number of amides is 5. The number of aromatic nitrogens is 2. The van der Waals surface area contributed by atoms with Crippen molar-refractivity contribution in [1.29, 1.82) is 0 Å². The van der Waals surface area contributed by atoms with Crippen molar-refractivity contribution in [2.75, 3.05) is 73.2 Å². The molecule has 1 unspecified atom stereocenters. The Labute approximate surface area is 438 Å². The van der Waals surface area contributed by atoms with Gasteiger partial charge in [0, 0.05) is 81.5 Å². The number of nitrogens with one attached hydrogen (secondary N) is 3. The summed E-state index contributed by atoms with van der Waals surface area (Å²) in [6.45, 7) is 15.9. The van der Waals surface area contributed by atoms with Crippen LogP contribution in [0.5, 0.6) is 0 Å². The monoisotopic (exact) mass is 1050 g/mol. The number of urea groups is 1. The van der Waals surface area contributed by atoms with Crippen molar-refractivity contribution in [3.05, 3.63) is 53.3 Å². The van der Waals surface area contributed by atoms with Gasteiger partial charge in [0.25, 0.3) is 5.91 Å². The molecule has 1 aromatic carbocycles. The van der Waals surface area contributed by atoms with Gasteiger partial charge in [-0.05, 0) is 120 Å². The van der Waals surface area contributed by atoms with E-state index in [0.29, 0.717) is 72.3 Å². The lowest BCUT2D eigenvalue weighted by molar-refractivity contribution is -0.155. The minimum atomic E-state index is -4.57. The van der Waals surface area contributed by atoms with Gasteiger partial charge in [0.15, 0.2) is 0 Å². The number of ether oxygens (including phenoxy) is 4. The number of carbonyl (C=O) groups is 5. The minimum absolute atomic E-state index is 0.0745. The maximum atomic E-state index is 14.8. The van der Waals surface area contributed by atoms with Crippen molar-refractivity contribution in [2.24, 2.45) is 11.3 Å². The first-order valence-corrected chi connectivity index (χ1v) is 26.4. The molecule has 0 radical (unpaired) electrons. The molecule has 0 saturated carbocycles. The third-order valence-corrected chi connectivity index (χ3v) is 14.5. The molecule has 3 saturated heterocycles. The molecule has 18 nitrogen and oxygen atoms in total. The lowest BCUT2D eigenvalue weighted by Crippen LogP contribution is -2.64. The number of rotatable bonds is 12. The zero-order chi connectivity index (χ0) is 54.6. The van der Waals surface area contributed by atoms with Crippen molar-refractivity contribution in [2.45, 2.75) is 148 Å². The molecule has 0 spiro atoms. The number of likely N-dealkylation sites (N-methyl/N-ethyl adjacent to an activating group) is 1. The first-order valence-electron chi connectivity index (χ1n) is 26.4. The van der Waals surface area contributed by atoms with Gasteiger partial charge < -0.3 is 48.8 Å². The molecule has 21 heteroatoms. The Bertz CT molecular complexity index is 2530. The SMILES string of the molecule is CO[C@@H](C)c1ncccc1-c1c2c3cc(ccc3n1CC(F)(F)F)[C@H]1CCCN(C1)C[C@H](NC(=O)[C@H](C(C)C)N(C)C(=O)N1CC[C@@H](OCCNC(=O)OC(C)(C)C)C1)C(=O)N1CCC[C@H](N1)C(=O)OCC(C)(C)C2. The second kappa shape index (κ2) is 23.8. The number of alkyl carbamates (subject to hydrolysis) is 1. The highest BCUT2D eigenvalue weighted by Crippen LogP contribution is 2.43. The second-order valence-electron chi connectivity index (χ2n) is 22.8. The fraction of sp³-hybridized carbons (Fsp3) is 0.667. The largest absolute Gasteiger partial charge is 0.464 e. The highest BCUT2D eigenvalue weighted by Gasteiger charge is 2.41. The van der Waals surface area contributed by atoms with E-state index in [0.717, 1.165) is 18.4 Å². The molecule has 4 aliphatic rings. The van der Waals surface area contributed by atoms with Crippen LogP contribution in [0.1, 0.15) is 116 Å². The van der Waals surface area contributed by atoms with Gasteiger partial charge in [-0.3, -0.25) is 24.4 Å². The molecule has 6 heterocycles. The number of hydrazine groups is 1. The quantitative estimate of drug-likeness (QED) is 0.125. The maximum absolute atomic E-state index is 14.8. The molecule has 4 aliphatic heterocycles. The van der Waals surface area contributed by atoms with E-state index in [4.69, 9.17) is 18.9 Å². The van der Waals surface area contributed by atoms with Crippen molar-refractivity contribution in [1.82, 2.24) is 45.3 Å². The first kappa shape index (κ1) is 57.2. The second-order valence-corrected chi connectivity index (χ2v) is 22.8. The predicted octanol–water partition coefficient (Wildman–Crippen LogP) is 6.95. The van der Waals surface area contributed by atoms with Crippen LogP contribution in [0.3, 0.4) is 0 Å². The summed E-state index contributed by atoms with van der Waals surface area (Å²) >= 11 is 0. The Kier molecular flexibility index (Phi) is 18.2. The Morgan fingerprint density at radius 2 is 1.75 bits per heavy atom. The highest BCUT2D eigenvalue weighted by atomic mass is 19.4. The highest BCUT2D eigenvalue weighted by molar-refractivity contribution is 5.94. The van der Waals surface area contributed by atoms with Gasteiger partial charge >= 0.3 is 24.3 Å². The van der Waals surface area contributed by atoms with Gasteiger partial charge in [0.1, 0.15) is 30.3 Å². The molecule has 3 fully saturated rings. The summed E-state index contributed by atoms with van der Waals surface area (Å²) in [6.07, 6.45) is -1.16. The number of alkyl halides is 3. The Hall–Kier alpha value is -5.51. The van der Waals surface area contributed by atoms with Crippen LogP contribution in [0.2, 0.25) is 0 Å². The molecule has 6 bridgehead atoms. The number of hydrogen-bond donors (Lipinski definition) is 3. The zero-order valence-electron chi connectivity index (χ0n) is 45.3. The van der Waals surface area contributed by atoms with Gasteiger partial charge in [0.2, 0.25) is 5.91 Å². The molecule has 2 aromatic heterocycles. The molecule has 3 N–H and O–H groups in total. The van der Waals surface area contributed by atoms with Crippen LogP contribution < -0.4 is 16.1 Å². The summed E-state index contributed by atoms with van der Waals surface area (Å²) in [5.74, 6) is -1.98. The molecule has 5 amide bonds. The molecule has 414 valence electrons. The van der Waals surface area contributed by atoms with Crippen LogP contribution in [-0.2, 0) is 46.3 Å². The molecule has 75 heavy (non-hydrogen) atoms. The average Bonchev–Trinajstić information content (AvgIpc) is 3.94. The summed E-state index contributed by atoms with van der Waals surface area (Å²) < 4.78 is 68.6. The fourth-order valence-corrected chi connectivity index (χ4v) is 11.0. The Morgan fingerprint density at radius 1 is 1.00 bits per heavy atom. The van der Waals surface area contributed by atoms with Gasteiger partial charge in [0.05, 0.1) is 36.8 Å². The third kappa shape index (κ3) is 14.3. The van der Waals surface area contributed by atoms with Crippen molar-refractivity contribution < 1.29 is 56.1 Å². The summed E-state index contributed by atoms with van der Waals surface area (Å²) in [6, 6.07) is 5.81. The first-order chi connectivity index (χ1) is 35.3. The number of carbonyl (C=O) groups excluding carboxylic acids is 5. The molecular weight excluding hydrogens is 976 g/mol. The number of halogens is 3. The summed E-state index contributed by atoms with van der Waals surface area (Å²) in [4.78, 5) is 79.4.